The summed E-state index contributed by atoms with van der Waals surface area (Å²) in [5.41, 5.74) is 2.65. The highest BCUT2D eigenvalue weighted by atomic mass is 32.2. The van der Waals surface area contributed by atoms with Crippen LogP contribution in [0.2, 0.25) is 0 Å². The zero-order valence-electron chi connectivity index (χ0n) is 24.7. The highest BCUT2D eigenvalue weighted by Gasteiger charge is 2.46. The number of hydrogen-bond donors (Lipinski definition) is 1. The lowest BCUT2D eigenvalue weighted by Gasteiger charge is -2.28. The molecule has 3 aliphatic rings. The van der Waals surface area contributed by atoms with Crippen molar-refractivity contribution < 1.29 is 23.8 Å². The number of carbonyl (C=O) groups is 2. The fraction of sp³-hybridized carbons (Fsp3) is 0.548. The minimum atomic E-state index is -0.768. The zero-order chi connectivity index (χ0) is 29.5. The summed E-state index contributed by atoms with van der Waals surface area (Å²) in [5.74, 6) is 0.487. The first-order valence-corrected chi connectivity index (χ1v) is 16.0. The van der Waals surface area contributed by atoms with Crippen LogP contribution in [0.4, 0.5) is 10.5 Å². The van der Waals surface area contributed by atoms with E-state index in [4.69, 9.17) is 19.3 Å². The van der Waals surface area contributed by atoms with Crippen molar-refractivity contribution in [3.8, 4) is 17.1 Å². The van der Waals surface area contributed by atoms with Gasteiger partial charge in [-0.2, -0.15) is 5.10 Å². The lowest BCUT2D eigenvalue weighted by Crippen LogP contribution is -2.44. The van der Waals surface area contributed by atoms with Crippen LogP contribution in [0.1, 0.15) is 65.5 Å². The molecule has 1 aliphatic carbocycles. The second kappa shape index (κ2) is 11.4. The average molecular weight is 594 g/mol. The third-order valence-electron chi connectivity index (χ3n) is 7.90. The van der Waals surface area contributed by atoms with Gasteiger partial charge in [0.15, 0.2) is 6.23 Å². The molecule has 2 amide bonds. The zero-order valence-corrected chi connectivity index (χ0v) is 25.5. The van der Waals surface area contributed by atoms with E-state index in [2.05, 4.69) is 10.3 Å². The van der Waals surface area contributed by atoms with Crippen molar-refractivity contribution in [1.29, 1.82) is 0 Å². The molecule has 2 saturated heterocycles. The van der Waals surface area contributed by atoms with E-state index >= 15 is 0 Å². The number of likely N-dealkylation sites (tertiary alicyclic amines) is 1. The SMILES string of the molecule is CSC1(C(=O)Nc2ccc3c(c2)c(-c2ccc(OC4CC4)nc2)nn3C2CCCCO2)CCN(C(=O)OC(C)(C)C)C1. The van der Waals surface area contributed by atoms with Crippen molar-refractivity contribution in [2.75, 3.05) is 31.3 Å². The molecule has 2 atom stereocenters. The van der Waals surface area contributed by atoms with Gasteiger partial charge in [-0.15, -0.1) is 11.8 Å². The van der Waals surface area contributed by atoms with Gasteiger partial charge in [-0.1, -0.05) is 0 Å². The number of nitrogens with zero attached hydrogens (tertiary/aromatic N) is 4. The second-order valence-electron chi connectivity index (χ2n) is 12.4. The number of pyridine rings is 1. The Morgan fingerprint density at radius 2 is 1.98 bits per heavy atom. The number of fused-ring (bicyclic) bond motifs is 1. The lowest BCUT2D eigenvalue weighted by atomic mass is 10.1. The van der Waals surface area contributed by atoms with Gasteiger partial charge < -0.3 is 24.4 Å². The van der Waals surface area contributed by atoms with Gasteiger partial charge in [-0.05, 0) is 89.8 Å². The maximum absolute atomic E-state index is 13.7. The maximum Gasteiger partial charge on any atom is 0.410 e. The molecule has 11 heteroatoms. The van der Waals surface area contributed by atoms with Crippen LogP contribution < -0.4 is 10.1 Å². The molecule has 4 heterocycles. The minimum Gasteiger partial charge on any atom is -0.474 e. The Kier molecular flexibility index (Phi) is 7.82. The minimum absolute atomic E-state index is 0.131. The first kappa shape index (κ1) is 28.8. The number of amides is 2. The molecule has 1 aromatic carbocycles. The first-order chi connectivity index (χ1) is 20.1. The van der Waals surface area contributed by atoms with Crippen LogP contribution in [0.5, 0.6) is 5.88 Å². The average Bonchev–Trinajstić information content (AvgIpc) is 3.53. The Labute approximate surface area is 250 Å². The lowest BCUT2D eigenvalue weighted by molar-refractivity contribution is -0.118. The molecule has 0 bridgehead atoms. The number of carbonyl (C=O) groups excluding carboxylic acids is 2. The molecule has 10 nitrogen and oxygen atoms in total. The van der Waals surface area contributed by atoms with Crippen LogP contribution in [0.3, 0.4) is 0 Å². The van der Waals surface area contributed by atoms with E-state index in [9.17, 15) is 9.59 Å². The van der Waals surface area contributed by atoms with Gasteiger partial charge in [-0.3, -0.25) is 4.79 Å². The summed E-state index contributed by atoms with van der Waals surface area (Å²) in [6.45, 7) is 6.99. The van der Waals surface area contributed by atoms with E-state index in [0.29, 0.717) is 37.7 Å². The standard InChI is InChI=1S/C31H39N5O5S/c1-30(2,3)41-29(38)35-15-14-31(19-35,42-4)28(37)33-21-9-12-24-23(17-21)27(34-36(24)26-7-5-6-16-39-26)20-8-13-25(32-18-20)40-22-10-11-22/h8-9,12-13,17-18,22,26H,5-7,10-11,14-16,19H2,1-4H3,(H,33,37). The summed E-state index contributed by atoms with van der Waals surface area (Å²) in [5, 5.41) is 9.05. The van der Waals surface area contributed by atoms with E-state index in [1.807, 2.05) is 62.0 Å². The number of aromatic nitrogens is 3. The molecule has 224 valence electrons. The van der Waals surface area contributed by atoms with E-state index < -0.39 is 16.4 Å². The van der Waals surface area contributed by atoms with E-state index in [1.165, 1.54) is 11.8 Å². The van der Waals surface area contributed by atoms with Crippen molar-refractivity contribution in [3.63, 3.8) is 0 Å². The third-order valence-corrected chi connectivity index (χ3v) is 9.20. The molecule has 3 aromatic rings. The summed E-state index contributed by atoms with van der Waals surface area (Å²) >= 11 is 1.47. The smallest absolute Gasteiger partial charge is 0.410 e. The summed E-state index contributed by atoms with van der Waals surface area (Å²) in [6.07, 6.45) is 9.18. The predicted molar refractivity (Wildman–Crippen MR) is 163 cm³/mol. The Hall–Kier alpha value is -3.31. The quantitative estimate of drug-likeness (QED) is 0.354. The summed E-state index contributed by atoms with van der Waals surface area (Å²) in [6, 6.07) is 9.74. The molecule has 1 saturated carbocycles. The Bertz CT molecular complexity index is 1460. The van der Waals surface area contributed by atoms with Crippen molar-refractivity contribution in [1.82, 2.24) is 19.7 Å². The first-order valence-electron chi connectivity index (χ1n) is 14.8. The number of rotatable bonds is 7. The topological polar surface area (TPSA) is 108 Å². The van der Waals surface area contributed by atoms with Gasteiger partial charge in [0, 0.05) is 48.6 Å². The molecule has 0 radical (unpaired) electrons. The highest BCUT2D eigenvalue weighted by molar-refractivity contribution is 8.00. The van der Waals surface area contributed by atoms with Crippen LogP contribution in [0.15, 0.2) is 36.5 Å². The van der Waals surface area contributed by atoms with Crippen LogP contribution >= 0.6 is 11.8 Å². The Balaban J connectivity index is 1.27. The van der Waals surface area contributed by atoms with Crippen molar-refractivity contribution in [3.05, 3.63) is 36.5 Å². The van der Waals surface area contributed by atoms with E-state index in [-0.39, 0.29) is 18.2 Å². The van der Waals surface area contributed by atoms with Gasteiger partial charge in [0.1, 0.15) is 22.1 Å². The molecule has 6 rings (SSSR count). The number of nitrogens with one attached hydrogen (secondary N) is 1. The number of anilines is 1. The summed E-state index contributed by atoms with van der Waals surface area (Å²) < 4.78 is 18.7. The second-order valence-corrected chi connectivity index (χ2v) is 13.5. The molecule has 3 fully saturated rings. The number of thioether (sulfide) groups is 1. The van der Waals surface area contributed by atoms with Crippen molar-refractivity contribution in [2.24, 2.45) is 0 Å². The molecule has 1 N–H and O–H groups in total. The number of benzene rings is 1. The van der Waals surface area contributed by atoms with Gasteiger partial charge in [0.05, 0.1) is 5.52 Å². The molecule has 42 heavy (non-hydrogen) atoms. The van der Waals surface area contributed by atoms with Gasteiger partial charge in [0.2, 0.25) is 11.8 Å². The van der Waals surface area contributed by atoms with Gasteiger partial charge in [0.25, 0.3) is 0 Å². The summed E-state index contributed by atoms with van der Waals surface area (Å²) in [4.78, 5) is 32.6. The third kappa shape index (κ3) is 6.08. The highest BCUT2D eigenvalue weighted by Crippen LogP contribution is 2.38. The van der Waals surface area contributed by atoms with E-state index in [0.717, 1.165) is 54.3 Å². The monoisotopic (exact) mass is 593 g/mol. The number of hydrogen-bond acceptors (Lipinski definition) is 8. The van der Waals surface area contributed by atoms with Crippen LogP contribution in [0, 0.1) is 0 Å². The molecule has 0 spiro atoms. The number of ether oxygens (including phenoxy) is 3. The predicted octanol–water partition coefficient (Wildman–Crippen LogP) is 6.02. The van der Waals surface area contributed by atoms with Crippen LogP contribution in [0.25, 0.3) is 22.2 Å². The Morgan fingerprint density at radius 1 is 1.14 bits per heavy atom. The fourth-order valence-electron chi connectivity index (χ4n) is 5.47. The Morgan fingerprint density at radius 3 is 2.64 bits per heavy atom. The van der Waals surface area contributed by atoms with Gasteiger partial charge in [-0.25, -0.2) is 14.5 Å². The van der Waals surface area contributed by atoms with Crippen LogP contribution in [-0.2, 0) is 14.3 Å². The van der Waals surface area contributed by atoms with Gasteiger partial charge >= 0.3 is 6.09 Å². The molecule has 2 aromatic heterocycles. The van der Waals surface area contributed by atoms with Crippen LogP contribution in [-0.4, -0.2) is 74.1 Å². The van der Waals surface area contributed by atoms with Crippen molar-refractivity contribution >= 4 is 40.4 Å². The van der Waals surface area contributed by atoms with E-state index in [1.54, 1.807) is 11.1 Å². The normalized spacial score (nSPS) is 22.8. The molecular formula is C31H39N5O5S. The maximum atomic E-state index is 13.7. The molecule has 2 unspecified atom stereocenters. The molecular weight excluding hydrogens is 554 g/mol. The largest absolute Gasteiger partial charge is 0.474 e. The fourth-order valence-corrected chi connectivity index (χ4v) is 6.29. The summed E-state index contributed by atoms with van der Waals surface area (Å²) in [7, 11) is 0. The van der Waals surface area contributed by atoms with Crippen molar-refractivity contribution in [2.45, 2.75) is 82.0 Å². The molecule has 2 aliphatic heterocycles.